The van der Waals surface area contributed by atoms with Gasteiger partial charge < -0.3 is 10.1 Å². The van der Waals surface area contributed by atoms with E-state index in [1.807, 2.05) is 20.8 Å². The average Bonchev–Trinajstić information content (AvgIpc) is 2.70. The molecule has 3 rings (SSSR count). The van der Waals surface area contributed by atoms with Crippen molar-refractivity contribution in [1.82, 2.24) is 14.1 Å². The van der Waals surface area contributed by atoms with Crippen LogP contribution in [0.15, 0.2) is 40.0 Å². The number of aromatic nitrogens is 2. The standard InChI is InChI=1S/C20H25ClN4O5S/c1-20(2,3)17-6-7-19(27)25(23-17)13-18(26)22-14-4-5-15(21)16(12-14)31(28,29)24-8-10-30-11-9-24/h4-7,12H,8-11,13H2,1-3H3,(H,22,26). The molecule has 31 heavy (non-hydrogen) atoms. The lowest BCUT2D eigenvalue weighted by Crippen LogP contribution is -2.40. The minimum absolute atomic E-state index is 0.0558. The van der Waals surface area contributed by atoms with E-state index in [9.17, 15) is 18.0 Å². The summed E-state index contributed by atoms with van der Waals surface area (Å²) in [5.74, 6) is -0.516. The molecule has 0 aliphatic carbocycles. The maximum atomic E-state index is 12.9. The number of nitrogens with one attached hydrogen (secondary N) is 1. The maximum absolute atomic E-state index is 12.9. The highest BCUT2D eigenvalue weighted by Gasteiger charge is 2.28. The van der Waals surface area contributed by atoms with Gasteiger partial charge >= 0.3 is 0 Å². The van der Waals surface area contributed by atoms with Gasteiger partial charge in [-0.2, -0.15) is 9.40 Å². The minimum Gasteiger partial charge on any atom is -0.379 e. The summed E-state index contributed by atoms with van der Waals surface area (Å²) in [5, 5.41) is 6.93. The van der Waals surface area contributed by atoms with Gasteiger partial charge in [-0.25, -0.2) is 13.1 Å². The third-order valence-electron chi connectivity index (χ3n) is 4.73. The molecule has 11 heteroatoms. The van der Waals surface area contributed by atoms with E-state index in [4.69, 9.17) is 16.3 Å². The number of halogens is 1. The average molecular weight is 469 g/mol. The van der Waals surface area contributed by atoms with Gasteiger partial charge in [-0.05, 0) is 24.3 Å². The number of hydrogen-bond donors (Lipinski definition) is 1. The van der Waals surface area contributed by atoms with Crippen LogP contribution >= 0.6 is 11.6 Å². The van der Waals surface area contributed by atoms with Gasteiger partial charge in [0.2, 0.25) is 15.9 Å². The van der Waals surface area contributed by atoms with E-state index in [0.717, 1.165) is 4.68 Å². The van der Waals surface area contributed by atoms with Crippen molar-refractivity contribution in [3.63, 3.8) is 0 Å². The molecule has 1 aromatic carbocycles. The summed E-state index contributed by atoms with van der Waals surface area (Å²) in [7, 11) is -3.84. The number of anilines is 1. The minimum atomic E-state index is -3.84. The molecular weight excluding hydrogens is 444 g/mol. The Morgan fingerprint density at radius 3 is 2.52 bits per heavy atom. The van der Waals surface area contributed by atoms with Crippen LogP contribution in [0.2, 0.25) is 5.02 Å². The second-order valence-corrected chi connectivity index (χ2v) is 10.5. The number of carbonyl (C=O) groups is 1. The summed E-state index contributed by atoms with van der Waals surface area (Å²) in [6.07, 6.45) is 0. The summed E-state index contributed by atoms with van der Waals surface area (Å²) in [6, 6.07) is 7.23. The molecule has 0 spiro atoms. The molecule has 1 fully saturated rings. The lowest BCUT2D eigenvalue weighted by atomic mass is 9.92. The molecule has 0 atom stereocenters. The second kappa shape index (κ2) is 9.07. The third kappa shape index (κ3) is 5.51. The molecule has 1 amide bonds. The van der Waals surface area contributed by atoms with Gasteiger partial charge in [-0.1, -0.05) is 32.4 Å². The first-order valence-corrected chi connectivity index (χ1v) is 11.6. The van der Waals surface area contributed by atoms with Crippen LogP contribution < -0.4 is 10.9 Å². The van der Waals surface area contributed by atoms with Gasteiger partial charge in [0.1, 0.15) is 11.4 Å². The fourth-order valence-electron chi connectivity index (χ4n) is 3.00. The van der Waals surface area contributed by atoms with Crippen LogP contribution in [-0.2, 0) is 31.5 Å². The highest BCUT2D eigenvalue weighted by Crippen LogP contribution is 2.28. The van der Waals surface area contributed by atoms with Gasteiger partial charge in [0, 0.05) is 30.3 Å². The second-order valence-electron chi connectivity index (χ2n) is 8.17. The lowest BCUT2D eigenvalue weighted by Gasteiger charge is -2.26. The zero-order valence-corrected chi connectivity index (χ0v) is 19.2. The zero-order valence-electron chi connectivity index (χ0n) is 17.6. The van der Waals surface area contributed by atoms with E-state index in [0.29, 0.717) is 18.9 Å². The first kappa shape index (κ1) is 23.4. The first-order valence-electron chi connectivity index (χ1n) is 9.74. The van der Waals surface area contributed by atoms with E-state index in [2.05, 4.69) is 10.4 Å². The molecule has 0 radical (unpaired) electrons. The van der Waals surface area contributed by atoms with Crippen molar-refractivity contribution < 1.29 is 17.9 Å². The summed E-state index contributed by atoms with van der Waals surface area (Å²) >= 11 is 6.14. The van der Waals surface area contributed by atoms with E-state index in [-0.39, 0.29) is 40.7 Å². The number of hydrogen-bond acceptors (Lipinski definition) is 6. The van der Waals surface area contributed by atoms with Crippen LogP contribution in [0, 0.1) is 0 Å². The Morgan fingerprint density at radius 1 is 1.19 bits per heavy atom. The molecule has 1 N–H and O–H groups in total. The normalized spacial score (nSPS) is 15.6. The van der Waals surface area contributed by atoms with E-state index in [1.54, 1.807) is 6.07 Å². The van der Waals surface area contributed by atoms with Crippen molar-refractivity contribution in [2.45, 2.75) is 37.6 Å². The summed E-state index contributed by atoms with van der Waals surface area (Å²) in [5.41, 5.74) is 0.228. The van der Waals surface area contributed by atoms with Crippen molar-refractivity contribution in [2.75, 3.05) is 31.6 Å². The van der Waals surface area contributed by atoms with Crippen LogP contribution in [0.5, 0.6) is 0 Å². The molecular formula is C20H25ClN4O5S. The van der Waals surface area contributed by atoms with Crippen molar-refractivity contribution >= 4 is 33.2 Å². The number of sulfonamides is 1. The Balaban J connectivity index is 1.80. The van der Waals surface area contributed by atoms with Crippen LogP contribution in [-0.4, -0.2) is 54.7 Å². The van der Waals surface area contributed by atoms with Gasteiger partial charge in [0.25, 0.3) is 5.56 Å². The van der Waals surface area contributed by atoms with Crippen LogP contribution in [0.25, 0.3) is 0 Å². The Bertz CT molecular complexity index is 1130. The number of carbonyl (C=O) groups excluding carboxylic acids is 1. The van der Waals surface area contributed by atoms with E-state index in [1.165, 1.54) is 28.6 Å². The Kier molecular flexibility index (Phi) is 6.85. The molecule has 1 aliphatic heterocycles. The van der Waals surface area contributed by atoms with Crippen LogP contribution in [0.4, 0.5) is 5.69 Å². The number of rotatable bonds is 5. The highest BCUT2D eigenvalue weighted by atomic mass is 35.5. The molecule has 0 unspecified atom stereocenters. The molecule has 1 saturated heterocycles. The predicted molar refractivity (Wildman–Crippen MR) is 117 cm³/mol. The number of amides is 1. The molecule has 2 aromatic rings. The monoisotopic (exact) mass is 468 g/mol. The van der Waals surface area contributed by atoms with E-state index < -0.39 is 21.5 Å². The van der Waals surface area contributed by atoms with Gasteiger partial charge in [0.15, 0.2) is 0 Å². The summed E-state index contributed by atoms with van der Waals surface area (Å²) in [6.45, 7) is 6.63. The topological polar surface area (TPSA) is 111 Å². The van der Waals surface area contributed by atoms with Crippen molar-refractivity contribution in [3.8, 4) is 0 Å². The van der Waals surface area contributed by atoms with Crippen molar-refractivity contribution in [1.29, 1.82) is 0 Å². The smallest absolute Gasteiger partial charge is 0.267 e. The molecule has 1 aliphatic rings. The maximum Gasteiger partial charge on any atom is 0.267 e. The SMILES string of the molecule is CC(C)(C)c1ccc(=O)n(CC(=O)Nc2ccc(Cl)c(S(=O)(=O)N3CCOCC3)c2)n1. The van der Waals surface area contributed by atoms with Crippen molar-refractivity contribution in [3.05, 3.63) is 51.4 Å². The van der Waals surface area contributed by atoms with Crippen molar-refractivity contribution in [2.24, 2.45) is 0 Å². The van der Waals surface area contributed by atoms with Gasteiger partial charge in [0.05, 0.1) is 23.9 Å². The van der Waals surface area contributed by atoms with Crippen LogP contribution in [0.1, 0.15) is 26.5 Å². The molecule has 9 nitrogen and oxygen atoms in total. The fourth-order valence-corrected chi connectivity index (χ4v) is 4.91. The Labute approximate surface area is 186 Å². The van der Waals surface area contributed by atoms with E-state index >= 15 is 0 Å². The molecule has 168 valence electrons. The highest BCUT2D eigenvalue weighted by molar-refractivity contribution is 7.89. The third-order valence-corrected chi connectivity index (χ3v) is 7.11. The lowest BCUT2D eigenvalue weighted by molar-refractivity contribution is -0.117. The summed E-state index contributed by atoms with van der Waals surface area (Å²) < 4.78 is 33.4. The molecule has 0 saturated carbocycles. The summed E-state index contributed by atoms with van der Waals surface area (Å²) in [4.78, 5) is 24.5. The van der Waals surface area contributed by atoms with Gasteiger partial charge in [-0.3, -0.25) is 9.59 Å². The first-order chi connectivity index (χ1) is 14.5. The molecule has 2 heterocycles. The Morgan fingerprint density at radius 2 is 1.87 bits per heavy atom. The molecule has 0 bridgehead atoms. The number of benzene rings is 1. The quantitative estimate of drug-likeness (QED) is 0.717. The van der Waals surface area contributed by atoms with Gasteiger partial charge in [-0.15, -0.1) is 0 Å². The fraction of sp³-hybridized carbons (Fsp3) is 0.450. The number of morpholine rings is 1. The number of nitrogens with zero attached hydrogens (tertiary/aromatic N) is 3. The number of ether oxygens (including phenoxy) is 1. The molecule has 1 aromatic heterocycles. The van der Waals surface area contributed by atoms with Crippen LogP contribution in [0.3, 0.4) is 0 Å². The largest absolute Gasteiger partial charge is 0.379 e. The zero-order chi connectivity index (χ0) is 22.8. The Hall–Kier alpha value is -2.27. The predicted octanol–water partition coefficient (Wildman–Crippen LogP) is 1.85.